The minimum Gasteiger partial charge on any atom is -0.322 e. The molecule has 0 aliphatic heterocycles. The topological polar surface area (TPSA) is 4.93 Å². The molecule has 1 nitrogen and oxygen atoms in total. The van der Waals surface area contributed by atoms with Gasteiger partial charge in [-0.05, 0) is 30.3 Å². The lowest BCUT2D eigenvalue weighted by atomic mass is 10.2. The van der Waals surface area contributed by atoms with E-state index in [-0.39, 0.29) is 0 Å². The lowest BCUT2D eigenvalue weighted by molar-refractivity contribution is 1.09. The van der Waals surface area contributed by atoms with E-state index in [0.717, 1.165) is 4.47 Å². The molecule has 0 fully saturated rings. The van der Waals surface area contributed by atoms with E-state index >= 15 is 0 Å². The van der Waals surface area contributed by atoms with Crippen molar-refractivity contribution in [3.8, 4) is 5.69 Å². The van der Waals surface area contributed by atoms with E-state index in [1.165, 1.54) is 25.9 Å². The first-order valence-electron chi connectivity index (χ1n) is 6.06. The molecule has 3 heteroatoms. The normalized spacial score (nSPS) is 11.4. The van der Waals surface area contributed by atoms with E-state index in [1.807, 2.05) is 11.3 Å². The Hall–Kier alpha value is -1.58. The van der Waals surface area contributed by atoms with Crippen LogP contribution in [0.5, 0.6) is 0 Å². The van der Waals surface area contributed by atoms with Crippen molar-refractivity contribution in [2.75, 3.05) is 0 Å². The maximum absolute atomic E-state index is 3.47. The Kier molecular flexibility index (Phi) is 2.50. The Morgan fingerprint density at radius 1 is 0.789 bits per heavy atom. The van der Waals surface area contributed by atoms with Crippen LogP contribution in [0.2, 0.25) is 0 Å². The number of halogens is 1. The van der Waals surface area contributed by atoms with E-state index in [9.17, 15) is 0 Å². The predicted octanol–water partition coefficient (Wildman–Crippen LogP) is 5.61. The highest BCUT2D eigenvalue weighted by molar-refractivity contribution is 9.10. The molecule has 0 aliphatic rings. The van der Waals surface area contributed by atoms with Crippen molar-refractivity contribution >= 4 is 47.4 Å². The molecule has 4 rings (SSSR count). The number of benzene rings is 2. The van der Waals surface area contributed by atoms with Crippen LogP contribution in [-0.4, -0.2) is 4.57 Å². The molecule has 0 saturated carbocycles. The molecule has 92 valence electrons. The first-order chi connectivity index (χ1) is 9.31. The molecular weight excluding hydrogens is 318 g/mol. The van der Waals surface area contributed by atoms with Crippen molar-refractivity contribution < 1.29 is 0 Å². The van der Waals surface area contributed by atoms with Gasteiger partial charge in [0.2, 0.25) is 0 Å². The van der Waals surface area contributed by atoms with Crippen LogP contribution in [0, 0.1) is 0 Å². The van der Waals surface area contributed by atoms with Gasteiger partial charge in [-0.15, -0.1) is 11.3 Å². The van der Waals surface area contributed by atoms with Crippen LogP contribution in [0.1, 0.15) is 0 Å². The third-order valence-corrected chi connectivity index (χ3v) is 4.96. The monoisotopic (exact) mass is 327 g/mol. The Balaban J connectivity index is 1.94. The van der Waals surface area contributed by atoms with Crippen molar-refractivity contribution in [1.82, 2.24) is 4.57 Å². The van der Waals surface area contributed by atoms with Gasteiger partial charge >= 0.3 is 0 Å². The van der Waals surface area contributed by atoms with E-state index in [0.29, 0.717) is 0 Å². The van der Waals surface area contributed by atoms with Gasteiger partial charge in [-0.2, -0.15) is 0 Å². The highest BCUT2D eigenvalue weighted by atomic mass is 79.9. The fourth-order valence-corrected chi connectivity index (χ4v) is 3.75. The van der Waals surface area contributed by atoms with Crippen LogP contribution in [-0.2, 0) is 0 Å². The molecule has 2 aromatic carbocycles. The van der Waals surface area contributed by atoms with Crippen LogP contribution in [0.15, 0.2) is 65.4 Å². The van der Waals surface area contributed by atoms with Gasteiger partial charge in [0.1, 0.15) is 0 Å². The van der Waals surface area contributed by atoms with Crippen molar-refractivity contribution in [3.63, 3.8) is 0 Å². The predicted molar refractivity (Wildman–Crippen MR) is 86.4 cm³/mol. The van der Waals surface area contributed by atoms with Gasteiger partial charge in [0.05, 0.1) is 4.70 Å². The third kappa shape index (κ3) is 1.81. The average molecular weight is 328 g/mol. The summed E-state index contributed by atoms with van der Waals surface area (Å²) in [4.78, 5) is 0. The summed E-state index contributed by atoms with van der Waals surface area (Å²) in [5.41, 5.74) is 1.19. The number of aromatic nitrogens is 1. The fraction of sp³-hybridized carbons (Fsp3) is 0. The Labute approximate surface area is 123 Å². The molecular formula is C16H10BrNS. The Morgan fingerprint density at radius 2 is 1.58 bits per heavy atom. The lowest BCUT2D eigenvalue weighted by Gasteiger charge is -2.02. The van der Waals surface area contributed by atoms with Crippen molar-refractivity contribution in [3.05, 3.63) is 65.4 Å². The number of fused-ring (bicyclic) bond motifs is 3. The van der Waals surface area contributed by atoms with Gasteiger partial charge in [-0.3, -0.25) is 0 Å². The standard InChI is InChI=1S/C16H10BrNS/c17-11-5-7-12(8-6-11)18-9-14-13-3-1-2-4-15(13)19-16(14)10-18/h1-10H. The summed E-state index contributed by atoms with van der Waals surface area (Å²) in [6, 6.07) is 17.0. The molecule has 4 aromatic rings. The molecule has 0 atom stereocenters. The molecule has 0 radical (unpaired) electrons. The quantitative estimate of drug-likeness (QED) is 0.428. The van der Waals surface area contributed by atoms with E-state index in [1.54, 1.807) is 0 Å². The molecule has 2 aromatic heterocycles. The SMILES string of the molecule is Brc1ccc(-n2cc3sc4ccccc4c3c2)cc1. The summed E-state index contributed by atoms with van der Waals surface area (Å²) in [6.45, 7) is 0. The van der Waals surface area contributed by atoms with E-state index in [2.05, 4.69) is 81.4 Å². The number of hydrogen-bond acceptors (Lipinski definition) is 1. The number of rotatable bonds is 1. The van der Waals surface area contributed by atoms with Crippen LogP contribution >= 0.6 is 27.3 Å². The smallest absolute Gasteiger partial charge is 0.0536 e. The molecule has 19 heavy (non-hydrogen) atoms. The zero-order chi connectivity index (χ0) is 12.8. The summed E-state index contributed by atoms with van der Waals surface area (Å²) < 4.78 is 6.00. The number of nitrogens with zero attached hydrogens (tertiary/aromatic N) is 1. The van der Waals surface area contributed by atoms with Gasteiger partial charge < -0.3 is 4.57 Å². The summed E-state index contributed by atoms with van der Waals surface area (Å²) in [7, 11) is 0. The largest absolute Gasteiger partial charge is 0.322 e. The minimum absolute atomic E-state index is 1.11. The summed E-state index contributed by atoms with van der Waals surface area (Å²) in [6.07, 6.45) is 4.43. The number of hydrogen-bond donors (Lipinski definition) is 0. The minimum atomic E-state index is 1.11. The third-order valence-electron chi connectivity index (χ3n) is 3.31. The molecule has 0 saturated heterocycles. The summed E-state index contributed by atoms with van der Waals surface area (Å²) in [5.74, 6) is 0. The van der Waals surface area contributed by atoms with Gasteiger partial charge in [-0.25, -0.2) is 0 Å². The zero-order valence-electron chi connectivity index (χ0n) is 10.0. The average Bonchev–Trinajstić information content (AvgIpc) is 2.97. The molecule has 0 aliphatic carbocycles. The second kappa shape index (κ2) is 4.22. The van der Waals surface area contributed by atoms with Gasteiger partial charge in [0.15, 0.2) is 0 Å². The van der Waals surface area contributed by atoms with Crippen LogP contribution in [0.4, 0.5) is 0 Å². The highest BCUT2D eigenvalue weighted by Gasteiger charge is 2.07. The second-order valence-electron chi connectivity index (χ2n) is 4.52. The van der Waals surface area contributed by atoms with Gasteiger partial charge in [0, 0.05) is 38.0 Å². The number of thiophene rings is 1. The molecule has 0 amide bonds. The maximum Gasteiger partial charge on any atom is 0.0536 e. The van der Waals surface area contributed by atoms with E-state index < -0.39 is 0 Å². The van der Waals surface area contributed by atoms with Crippen LogP contribution < -0.4 is 0 Å². The highest BCUT2D eigenvalue weighted by Crippen LogP contribution is 2.35. The van der Waals surface area contributed by atoms with E-state index in [4.69, 9.17) is 0 Å². The zero-order valence-corrected chi connectivity index (χ0v) is 12.4. The lowest BCUT2D eigenvalue weighted by Crippen LogP contribution is -1.87. The van der Waals surface area contributed by atoms with Crippen molar-refractivity contribution in [1.29, 1.82) is 0 Å². The Bertz CT molecular complexity index is 871. The Morgan fingerprint density at radius 3 is 2.42 bits per heavy atom. The first kappa shape index (κ1) is 11.3. The fourth-order valence-electron chi connectivity index (χ4n) is 2.38. The molecule has 0 unspecified atom stereocenters. The van der Waals surface area contributed by atoms with Gasteiger partial charge in [0.25, 0.3) is 0 Å². The molecule has 0 spiro atoms. The molecule has 0 N–H and O–H groups in total. The molecule has 0 bridgehead atoms. The van der Waals surface area contributed by atoms with Crippen molar-refractivity contribution in [2.24, 2.45) is 0 Å². The summed E-state index contributed by atoms with van der Waals surface area (Å²) >= 11 is 5.32. The first-order valence-corrected chi connectivity index (χ1v) is 7.67. The van der Waals surface area contributed by atoms with Crippen LogP contribution in [0.25, 0.3) is 25.9 Å². The van der Waals surface area contributed by atoms with Crippen molar-refractivity contribution in [2.45, 2.75) is 0 Å². The van der Waals surface area contributed by atoms with Gasteiger partial charge in [-0.1, -0.05) is 34.1 Å². The summed E-state index contributed by atoms with van der Waals surface area (Å²) in [5, 5.41) is 2.68. The maximum atomic E-state index is 3.47. The van der Waals surface area contributed by atoms with Crippen LogP contribution in [0.3, 0.4) is 0 Å². The molecule has 2 heterocycles. The second-order valence-corrected chi connectivity index (χ2v) is 6.52.